The van der Waals surface area contributed by atoms with Crippen LogP contribution < -0.4 is 0 Å². The van der Waals surface area contributed by atoms with Gasteiger partial charge in [0.15, 0.2) is 0 Å². The van der Waals surface area contributed by atoms with Crippen molar-refractivity contribution >= 4 is 11.8 Å². The number of piperidine rings is 1. The molecule has 126 valence electrons. The van der Waals surface area contributed by atoms with Crippen LogP contribution in [-0.2, 0) is 4.79 Å². The van der Waals surface area contributed by atoms with Gasteiger partial charge in [0.1, 0.15) is 0 Å². The first-order valence-corrected chi connectivity index (χ1v) is 9.25. The van der Waals surface area contributed by atoms with Crippen molar-refractivity contribution < 1.29 is 9.59 Å². The number of amides is 2. The number of hydrogen-bond donors (Lipinski definition) is 0. The second-order valence-electron chi connectivity index (χ2n) is 8.27. The summed E-state index contributed by atoms with van der Waals surface area (Å²) in [6.45, 7) is 0. The van der Waals surface area contributed by atoms with E-state index in [4.69, 9.17) is 0 Å². The molecule has 2 atom stereocenters. The lowest BCUT2D eigenvalue weighted by Crippen LogP contribution is -2.53. The highest BCUT2D eigenvalue weighted by atomic mass is 16.2. The van der Waals surface area contributed by atoms with E-state index < -0.39 is 0 Å². The molecule has 0 radical (unpaired) electrons. The molecule has 2 aliphatic heterocycles. The molecule has 1 aromatic rings. The minimum Gasteiger partial charge on any atom is -0.339 e. The van der Waals surface area contributed by atoms with Crippen LogP contribution in [0, 0.1) is 11.3 Å². The van der Waals surface area contributed by atoms with E-state index in [1.54, 1.807) is 0 Å². The third-order valence-corrected chi connectivity index (χ3v) is 6.94. The Balaban J connectivity index is 1.30. The van der Waals surface area contributed by atoms with Crippen LogP contribution in [-0.4, -0.2) is 46.8 Å². The van der Waals surface area contributed by atoms with Gasteiger partial charge in [0.25, 0.3) is 5.91 Å². The molecule has 4 aliphatic rings. The highest BCUT2D eigenvalue weighted by Gasteiger charge is 2.76. The van der Waals surface area contributed by atoms with Gasteiger partial charge in [-0.3, -0.25) is 9.59 Å². The summed E-state index contributed by atoms with van der Waals surface area (Å²) in [5, 5.41) is 0. The third-order valence-electron chi connectivity index (χ3n) is 6.94. The van der Waals surface area contributed by atoms with Crippen LogP contribution in [0.25, 0.3) is 0 Å². The first kappa shape index (κ1) is 14.5. The molecular formula is C20H24N2O2. The smallest absolute Gasteiger partial charge is 0.253 e. The van der Waals surface area contributed by atoms with Crippen molar-refractivity contribution in [3.63, 3.8) is 0 Å². The maximum atomic E-state index is 12.9. The molecule has 4 fully saturated rings. The maximum absolute atomic E-state index is 12.9. The molecular weight excluding hydrogens is 300 g/mol. The Hall–Kier alpha value is -1.84. The Kier molecular flexibility index (Phi) is 2.92. The minimum absolute atomic E-state index is 0.0828. The fourth-order valence-electron chi connectivity index (χ4n) is 5.05. The Morgan fingerprint density at radius 2 is 1.67 bits per heavy atom. The van der Waals surface area contributed by atoms with Crippen LogP contribution in [0.4, 0.5) is 0 Å². The highest BCUT2D eigenvalue weighted by Crippen LogP contribution is 2.76. The van der Waals surface area contributed by atoms with E-state index in [-0.39, 0.29) is 17.4 Å². The summed E-state index contributed by atoms with van der Waals surface area (Å²) in [5.74, 6) is 1.25. The lowest BCUT2D eigenvalue weighted by molar-refractivity contribution is -0.140. The van der Waals surface area contributed by atoms with Crippen molar-refractivity contribution in [1.82, 2.24) is 9.80 Å². The molecule has 0 aromatic heterocycles. The highest BCUT2D eigenvalue weighted by molar-refractivity contribution is 5.94. The van der Waals surface area contributed by atoms with E-state index in [9.17, 15) is 9.59 Å². The molecule has 2 saturated heterocycles. The summed E-state index contributed by atoms with van der Waals surface area (Å²) >= 11 is 0. The van der Waals surface area contributed by atoms with Crippen molar-refractivity contribution in [3.8, 4) is 0 Å². The van der Waals surface area contributed by atoms with Crippen molar-refractivity contribution in [2.75, 3.05) is 7.05 Å². The van der Waals surface area contributed by atoms with E-state index >= 15 is 0 Å². The standard InChI is InChI=1S/C20H24N2O2/c1-21(18(23)13-5-3-2-4-6-13)17-9-15-7-8-16(10-17)22(15)19(24)20-11-14(20)12-20/h2-6,14-17H,7-12H2,1H3. The Morgan fingerprint density at radius 1 is 1.08 bits per heavy atom. The van der Waals surface area contributed by atoms with Crippen LogP contribution >= 0.6 is 0 Å². The molecule has 1 aromatic carbocycles. The zero-order valence-electron chi connectivity index (χ0n) is 14.1. The molecule has 4 heteroatoms. The number of carbonyl (C=O) groups is 2. The average Bonchev–Trinajstić information content (AvgIpc) is 3.46. The van der Waals surface area contributed by atoms with Gasteiger partial charge in [-0.25, -0.2) is 0 Å². The topological polar surface area (TPSA) is 40.6 Å². The SMILES string of the molecule is CN(C(=O)c1ccccc1)C1CC2CCC(C1)N2C(=O)C12CC1C2. The predicted octanol–water partition coefficient (Wildman–Crippen LogP) is 2.69. The summed E-state index contributed by atoms with van der Waals surface area (Å²) in [4.78, 5) is 29.7. The molecule has 0 N–H and O–H groups in total. The quantitative estimate of drug-likeness (QED) is 0.858. The molecule has 0 spiro atoms. The zero-order chi connectivity index (χ0) is 16.5. The Bertz CT molecular complexity index is 681. The number of fused-ring (bicyclic) bond motifs is 3. The lowest BCUT2D eigenvalue weighted by atomic mass is 9.94. The third kappa shape index (κ3) is 1.98. The van der Waals surface area contributed by atoms with Gasteiger partial charge in [-0.1, -0.05) is 18.2 Å². The van der Waals surface area contributed by atoms with Crippen molar-refractivity contribution in [3.05, 3.63) is 35.9 Å². The van der Waals surface area contributed by atoms with Crippen LogP contribution in [0.2, 0.25) is 0 Å². The van der Waals surface area contributed by atoms with Gasteiger partial charge in [-0.2, -0.15) is 0 Å². The van der Waals surface area contributed by atoms with Gasteiger partial charge in [-0.05, 0) is 56.6 Å². The fourth-order valence-corrected chi connectivity index (χ4v) is 5.05. The largest absolute Gasteiger partial charge is 0.339 e. The van der Waals surface area contributed by atoms with E-state index in [0.29, 0.717) is 23.9 Å². The van der Waals surface area contributed by atoms with E-state index in [2.05, 4.69) is 4.90 Å². The maximum Gasteiger partial charge on any atom is 0.253 e. The van der Waals surface area contributed by atoms with Gasteiger partial charge in [0.2, 0.25) is 5.91 Å². The molecule has 24 heavy (non-hydrogen) atoms. The van der Waals surface area contributed by atoms with Crippen molar-refractivity contribution in [2.24, 2.45) is 11.3 Å². The second-order valence-corrected chi connectivity index (χ2v) is 8.27. The summed E-state index contributed by atoms with van der Waals surface area (Å²) in [6, 6.07) is 10.5. The fraction of sp³-hybridized carbons (Fsp3) is 0.600. The van der Waals surface area contributed by atoms with Crippen molar-refractivity contribution in [2.45, 2.75) is 56.7 Å². The lowest BCUT2D eigenvalue weighted by Gasteiger charge is -2.42. The summed E-state index contributed by atoms with van der Waals surface area (Å²) in [6.07, 6.45) is 6.38. The van der Waals surface area contributed by atoms with E-state index in [1.807, 2.05) is 42.3 Å². The zero-order valence-corrected chi connectivity index (χ0v) is 14.1. The number of carbonyl (C=O) groups excluding carboxylic acids is 2. The summed E-state index contributed by atoms with van der Waals surface area (Å²) in [7, 11) is 1.92. The van der Waals surface area contributed by atoms with E-state index in [1.165, 1.54) is 0 Å². The molecule has 5 rings (SSSR count). The molecule has 2 bridgehead atoms. The number of benzene rings is 1. The normalized spacial score (nSPS) is 38.5. The number of rotatable bonds is 3. The van der Waals surface area contributed by atoms with Gasteiger partial charge in [-0.15, -0.1) is 0 Å². The van der Waals surface area contributed by atoms with Crippen LogP contribution in [0.3, 0.4) is 0 Å². The Morgan fingerprint density at radius 3 is 2.21 bits per heavy atom. The molecule has 2 heterocycles. The molecule has 2 saturated carbocycles. The second kappa shape index (κ2) is 4.84. The monoisotopic (exact) mass is 324 g/mol. The van der Waals surface area contributed by atoms with Gasteiger partial charge in [0.05, 0.1) is 5.41 Å². The van der Waals surface area contributed by atoms with Crippen LogP contribution in [0.15, 0.2) is 30.3 Å². The molecule has 4 nitrogen and oxygen atoms in total. The molecule has 2 unspecified atom stereocenters. The minimum atomic E-state index is 0.0828. The molecule has 2 aliphatic carbocycles. The van der Waals surface area contributed by atoms with Gasteiger partial charge >= 0.3 is 0 Å². The Labute approximate surface area is 142 Å². The number of hydrogen-bond acceptors (Lipinski definition) is 2. The van der Waals surface area contributed by atoms with Crippen LogP contribution in [0.5, 0.6) is 0 Å². The average molecular weight is 324 g/mol. The molecule has 2 amide bonds. The van der Waals surface area contributed by atoms with Crippen molar-refractivity contribution in [1.29, 1.82) is 0 Å². The predicted molar refractivity (Wildman–Crippen MR) is 90.4 cm³/mol. The van der Waals surface area contributed by atoms with Gasteiger partial charge in [0, 0.05) is 30.7 Å². The van der Waals surface area contributed by atoms with Crippen LogP contribution in [0.1, 0.15) is 48.9 Å². The van der Waals surface area contributed by atoms with Gasteiger partial charge < -0.3 is 9.80 Å². The summed E-state index contributed by atoms with van der Waals surface area (Å²) in [5.41, 5.74) is 0.836. The van der Waals surface area contributed by atoms with E-state index in [0.717, 1.165) is 44.1 Å². The summed E-state index contributed by atoms with van der Waals surface area (Å²) < 4.78 is 0. The number of nitrogens with zero attached hydrogens (tertiary/aromatic N) is 2. The first-order chi connectivity index (χ1) is 11.6. The first-order valence-electron chi connectivity index (χ1n) is 9.25.